The van der Waals surface area contributed by atoms with Crippen LogP contribution in [0, 0.1) is 0 Å². The average Bonchev–Trinajstić information content (AvgIpc) is 3.59. The third-order valence-corrected chi connectivity index (χ3v) is 6.60. The summed E-state index contributed by atoms with van der Waals surface area (Å²) in [7, 11) is 0. The molecule has 1 aliphatic heterocycles. The van der Waals surface area contributed by atoms with Crippen molar-refractivity contribution in [3.8, 4) is 0 Å². The molecule has 0 spiro atoms. The minimum absolute atomic E-state index is 0.208. The van der Waals surface area contributed by atoms with Crippen molar-refractivity contribution in [2.75, 3.05) is 6.54 Å². The Labute approximate surface area is 217 Å². The second-order valence-corrected chi connectivity index (χ2v) is 9.31. The molecule has 1 fully saturated rings. The third kappa shape index (κ3) is 7.22. The summed E-state index contributed by atoms with van der Waals surface area (Å²) in [4.78, 5) is 27.6. The first kappa shape index (κ1) is 25.5. The number of amides is 1. The zero-order valence-corrected chi connectivity index (χ0v) is 21.0. The van der Waals surface area contributed by atoms with E-state index in [-0.39, 0.29) is 6.61 Å². The Balaban J connectivity index is 0.000000169. The van der Waals surface area contributed by atoms with Gasteiger partial charge < -0.3 is 9.72 Å². The van der Waals surface area contributed by atoms with Crippen LogP contribution in [0.4, 0.5) is 4.79 Å². The predicted molar refractivity (Wildman–Crippen MR) is 144 cm³/mol. The van der Waals surface area contributed by atoms with Crippen molar-refractivity contribution in [1.82, 2.24) is 9.88 Å². The van der Waals surface area contributed by atoms with Gasteiger partial charge in [0.05, 0.1) is 0 Å². The van der Waals surface area contributed by atoms with Crippen LogP contribution in [-0.4, -0.2) is 33.8 Å². The van der Waals surface area contributed by atoms with Crippen molar-refractivity contribution in [1.29, 1.82) is 0 Å². The van der Waals surface area contributed by atoms with Gasteiger partial charge in [-0.25, -0.2) is 4.79 Å². The molecule has 5 rings (SSSR count). The monoisotopic (exact) mass is 502 g/mol. The minimum atomic E-state index is -0.532. The Kier molecular flexibility index (Phi) is 9.17. The number of rotatable bonds is 7. The van der Waals surface area contributed by atoms with Gasteiger partial charge in [0.15, 0.2) is 0 Å². The number of fused-ring (bicyclic) bond motifs is 1. The normalized spacial score (nSPS) is 14.8. The molecule has 0 bridgehead atoms. The van der Waals surface area contributed by atoms with E-state index in [4.69, 9.17) is 16.3 Å². The van der Waals surface area contributed by atoms with Crippen molar-refractivity contribution in [2.45, 2.75) is 44.8 Å². The number of carbonyl (C=O) groups is 2. The smallest absolute Gasteiger partial charge is 0.410 e. The molecular weight excluding hydrogens is 472 g/mol. The molecule has 0 saturated carbocycles. The van der Waals surface area contributed by atoms with E-state index in [2.05, 4.69) is 59.6 Å². The van der Waals surface area contributed by atoms with Gasteiger partial charge in [-0.3, -0.25) is 9.69 Å². The Bertz CT molecular complexity index is 1260. The van der Waals surface area contributed by atoms with Crippen LogP contribution in [0.5, 0.6) is 0 Å². The second-order valence-electron chi connectivity index (χ2n) is 8.93. The van der Waals surface area contributed by atoms with Crippen LogP contribution in [0.15, 0.2) is 91.1 Å². The molecule has 1 atom stereocenters. The van der Waals surface area contributed by atoms with Gasteiger partial charge in [0.25, 0.3) is 0 Å². The van der Waals surface area contributed by atoms with Crippen LogP contribution in [0.2, 0.25) is 0 Å². The molecule has 36 heavy (non-hydrogen) atoms. The third-order valence-electron chi connectivity index (χ3n) is 6.35. The van der Waals surface area contributed by atoms with Gasteiger partial charge in [0, 0.05) is 18.3 Å². The molecule has 1 aliphatic rings. The fourth-order valence-corrected chi connectivity index (χ4v) is 4.65. The SMILES string of the molecule is O=C(Cl)C1CCCN1C(=O)OCc1ccccc1.c1ccc(CCCc2ccc3[nH]ccc3c2)cc1. The molecule has 1 saturated heterocycles. The summed E-state index contributed by atoms with van der Waals surface area (Å²) in [5.41, 5.74) is 5.00. The summed E-state index contributed by atoms with van der Waals surface area (Å²) in [6.07, 6.45) is 6.43. The average molecular weight is 503 g/mol. The Hall–Kier alpha value is -3.57. The van der Waals surface area contributed by atoms with Crippen LogP contribution in [0.1, 0.15) is 36.0 Å². The van der Waals surface area contributed by atoms with E-state index < -0.39 is 17.4 Å². The number of likely N-dealkylation sites (tertiary alicyclic amines) is 1. The summed E-state index contributed by atoms with van der Waals surface area (Å²) >= 11 is 5.45. The van der Waals surface area contributed by atoms with Gasteiger partial charge in [-0.15, -0.1) is 0 Å². The number of aromatic amines is 1. The maximum absolute atomic E-state index is 11.8. The number of benzene rings is 3. The highest BCUT2D eigenvalue weighted by atomic mass is 35.5. The molecule has 2 heterocycles. The molecule has 6 heteroatoms. The molecule has 0 aliphatic carbocycles. The van der Waals surface area contributed by atoms with Gasteiger partial charge in [-0.05, 0) is 84.0 Å². The molecule has 186 valence electrons. The number of carbonyl (C=O) groups excluding carboxylic acids is 2. The van der Waals surface area contributed by atoms with Crippen molar-refractivity contribution >= 4 is 33.8 Å². The van der Waals surface area contributed by atoms with Crippen LogP contribution < -0.4 is 0 Å². The van der Waals surface area contributed by atoms with E-state index in [9.17, 15) is 9.59 Å². The molecule has 3 aromatic carbocycles. The predicted octanol–water partition coefficient (Wildman–Crippen LogP) is 6.90. The van der Waals surface area contributed by atoms with Crippen LogP contribution >= 0.6 is 11.6 Å². The summed E-state index contributed by atoms with van der Waals surface area (Å²) in [6, 6.07) is 28.4. The molecule has 1 aromatic heterocycles. The summed E-state index contributed by atoms with van der Waals surface area (Å²) in [6.45, 7) is 0.732. The van der Waals surface area contributed by atoms with E-state index >= 15 is 0 Å². The lowest BCUT2D eigenvalue weighted by Gasteiger charge is -2.20. The van der Waals surface area contributed by atoms with E-state index in [1.54, 1.807) is 0 Å². The molecular formula is C30H31ClN2O3. The number of nitrogens with zero attached hydrogens (tertiary/aromatic N) is 1. The van der Waals surface area contributed by atoms with Crippen LogP contribution in [0.25, 0.3) is 10.9 Å². The number of aryl methyl sites for hydroxylation is 2. The van der Waals surface area contributed by atoms with Gasteiger partial charge in [0.2, 0.25) is 5.24 Å². The van der Waals surface area contributed by atoms with Crippen LogP contribution in [0.3, 0.4) is 0 Å². The Morgan fingerprint density at radius 2 is 1.58 bits per heavy atom. The van der Waals surface area contributed by atoms with E-state index in [1.165, 1.54) is 33.4 Å². The highest BCUT2D eigenvalue weighted by molar-refractivity contribution is 6.64. The van der Waals surface area contributed by atoms with Gasteiger partial charge in [-0.2, -0.15) is 0 Å². The first-order chi connectivity index (χ1) is 17.6. The van der Waals surface area contributed by atoms with Crippen molar-refractivity contribution in [3.05, 3.63) is 108 Å². The van der Waals surface area contributed by atoms with Gasteiger partial charge in [0.1, 0.15) is 12.6 Å². The molecule has 1 N–H and O–H groups in total. The van der Waals surface area contributed by atoms with Crippen molar-refractivity contribution in [2.24, 2.45) is 0 Å². The molecule has 5 nitrogen and oxygen atoms in total. The summed E-state index contributed by atoms with van der Waals surface area (Å²) in [5, 5.41) is 0.816. The fraction of sp³-hybridized carbons (Fsp3) is 0.267. The van der Waals surface area contributed by atoms with Crippen molar-refractivity contribution in [3.63, 3.8) is 0 Å². The Morgan fingerprint density at radius 1 is 0.889 bits per heavy atom. The maximum atomic E-state index is 11.8. The van der Waals surface area contributed by atoms with E-state index in [0.717, 1.165) is 24.8 Å². The standard InChI is InChI=1S/C17H17N.C13H14ClNO3/c1-2-5-14(6-3-1)7-4-8-15-9-10-17-16(13-15)11-12-18-17;14-12(16)11-7-4-8-15(11)13(17)18-9-10-5-2-1-3-6-10/h1-3,5-6,9-13,18H,4,7-8H2;1-3,5-6,11H,4,7-9H2. The second kappa shape index (κ2) is 12.9. The quantitative estimate of drug-likeness (QED) is 0.280. The lowest BCUT2D eigenvalue weighted by Crippen LogP contribution is -2.39. The zero-order valence-electron chi connectivity index (χ0n) is 20.2. The fourth-order valence-electron chi connectivity index (χ4n) is 4.42. The van der Waals surface area contributed by atoms with E-state index in [0.29, 0.717) is 13.0 Å². The van der Waals surface area contributed by atoms with Gasteiger partial charge >= 0.3 is 6.09 Å². The lowest BCUT2D eigenvalue weighted by atomic mass is 10.0. The molecule has 1 amide bonds. The van der Waals surface area contributed by atoms with E-state index in [1.807, 2.05) is 36.5 Å². The number of hydrogen-bond acceptors (Lipinski definition) is 3. The Morgan fingerprint density at radius 3 is 2.31 bits per heavy atom. The maximum Gasteiger partial charge on any atom is 0.410 e. The number of hydrogen-bond donors (Lipinski definition) is 1. The number of H-pyrrole nitrogens is 1. The topological polar surface area (TPSA) is 62.4 Å². The first-order valence-corrected chi connectivity index (χ1v) is 12.7. The minimum Gasteiger partial charge on any atom is -0.445 e. The van der Waals surface area contributed by atoms with Crippen molar-refractivity contribution < 1.29 is 14.3 Å². The molecule has 0 radical (unpaired) electrons. The number of ether oxygens (including phenoxy) is 1. The highest BCUT2D eigenvalue weighted by Gasteiger charge is 2.34. The summed E-state index contributed by atoms with van der Waals surface area (Å²) in [5.74, 6) is 0. The highest BCUT2D eigenvalue weighted by Crippen LogP contribution is 2.21. The summed E-state index contributed by atoms with van der Waals surface area (Å²) < 4.78 is 5.17. The number of halogens is 1. The zero-order chi connectivity index (χ0) is 25.2. The largest absolute Gasteiger partial charge is 0.445 e. The number of aromatic nitrogens is 1. The first-order valence-electron chi connectivity index (χ1n) is 12.4. The van der Waals surface area contributed by atoms with Gasteiger partial charge in [-0.1, -0.05) is 66.7 Å². The molecule has 1 unspecified atom stereocenters. The van der Waals surface area contributed by atoms with Crippen LogP contribution in [-0.2, 0) is 29.0 Å². The lowest BCUT2D eigenvalue weighted by molar-refractivity contribution is -0.115. The molecule has 4 aromatic rings. The number of nitrogens with one attached hydrogen (secondary N) is 1.